The lowest BCUT2D eigenvalue weighted by atomic mass is 9.97. The molecule has 3 N–H and O–H groups in total. The van der Waals surface area contributed by atoms with E-state index in [1.54, 1.807) is 17.3 Å². The van der Waals surface area contributed by atoms with Crippen molar-refractivity contribution in [3.8, 4) is 11.8 Å². The average Bonchev–Trinajstić information content (AvgIpc) is 3.17. The van der Waals surface area contributed by atoms with E-state index in [1.807, 2.05) is 11.0 Å². The number of hydrogen-bond donors (Lipinski definition) is 2. The van der Waals surface area contributed by atoms with Gasteiger partial charge in [0.15, 0.2) is 0 Å². The Balaban J connectivity index is 1.38. The number of likely N-dealkylation sites (tertiary alicyclic amines) is 2. The summed E-state index contributed by atoms with van der Waals surface area (Å²) in [6.07, 6.45) is 8.44. The number of carbonyl (C=O) groups excluding carboxylic acids is 2. The number of aromatic nitrogens is 2. The predicted octanol–water partition coefficient (Wildman–Crippen LogP) is 0.361. The van der Waals surface area contributed by atoms with Crippen LogP contribution in [0.2, 0.25) is 0 Å². The van der Waals surface area contributed by atoms with Gasteiger partial charge in [0.05, 0.1) is 18.2 Å². The molecule has 2 aliphatic heterocycles. The second-order valence-electron chi connectivity index (χ2n) is 7.79. The number of piperidine rings is 1. The Morgan fingerprint density at radius 3 is 2.74 bits per heavy atom. The van der Waals surface area contributed by atoms with Crippen LogP contribution in [-0.2, 0) is 9.59 Å². The smallest absolute Gasteiger partial charge is 0.229 e. The molecule has 0 aromatic carbocycles. The van der Waals surface area contributed by atoms with Gasteiger partial charge in [0, 0.05) is 55.9 Å². The zero-order chi connectivity index (χ0) is 22.0. The van der Waals surface area contributed by atoms with Crippen LogP contribution in [0.4, 0.5) is 0 Å². The molecule has 2 aliphatic rings. The topological polar surface area (TPSA) is 140 Å². The summed E-state index contributed by atoms with van der Waals surface area (Å²) in [5, 5.41) is 23.5. The number of nitrogens with zero attached hydrogens (tertiary/aromatic N) is 6. The number of carbonyl (C=O) groups is 2. The maximum absolute atomic E-state index is 12.5. The number of nitrogens with two attached hydrogens (primary N) is 1. The molecule has 0 bridgehead atoms. The van der Waals surface area contributed by atoms with E-state index in [4.69, 9.17) is 11.0 Å². The zero-order valence-electron chi connectivity index (χ0n) is 16.9. The highest BCUT2D eigenvalue weighted by molar-refractivity contribution is 6.09. The minimum absolute atomic E-state index is 0.0599. The molecule has 4 rings (SSSR count). The van der Waals surface area contributed by atoms with Crippen LogP contribution < -0.4 is 5.73 Å². The molecule has 0 spiro atoms. The Hall–Kier alpha value is -3.87. The highest BCUT2D eigenvalue weighted by Crippen LogP contribution is 2.26. The van der Waals surface area contributed by atoms with Crippen LogP contribution >= 0.6 is 0 Å². The molecule has 0 unspecified atom stereocenters. The van der Waals surface area contributed by atoms with Gasteiger partial charge in [-0.05, 0) is 18.9 Å². The minimum atomic E-state index is -0.0801. The number of aromatic hydroxyl groups is 1. The van der Waals surface area contributed by atoms with Gasteiger partial charge in [0.2, 0.25) is 12.3 Å². The Morgan fingerprint density at radius 1 is 1.35 bits per heavy atom. The molecule has 0 aliphatic carbocycles. The number of fused-ring (bicyclic) bond motifs is 1. The molecule has 160 valence electrons. The van der Waals surface area contributed by atoms with Gasteiger partial charge in [0.25, 0.3) is 0 Å². The lowest BCUT2D eigenvalue weighted by Crippen LogP contribution is -2.55. The second-order valence-corrected chi connectivity index (χ2v) is 7.79. The van der Waals surface area contributed by atoms with E-state index >= 15 is 0 Å². The van der Waals surface area contributed by atoms with Crippen molar-refractivity contribution < 1.29 is 14.7 Å². The molecule has 2 amide bonds. The lowest BCUT2D eigenvalue weighted by Gasteiger charge is -2.40. The first kappa shape index (κ1) is 20.4. The normalized spacial score (nSPS) is 18.4. The van der Waals surface area contributed by atoms with E-state index in [0.717, 1.165) is 19.3 Å². The number of nitriles is 1. The van der Waals surface area contributed by atoms with Crippen LogP contribution in [0.3, 0.4) is 0 Å². The van der Waals surface area contributed by atoms with Crippen molar-refractivity contribution >= 4 is 29.6 Å². The predicted molar refractivity (Wildman–Crippen MR) is 113 cm³/mol. The molecule has 2 saturated heterocycles. The van der Waals surface area contributed by atoms with Crippen molar-refractivity contribution in [3.05, 3.63) is 35.8 Å². The Labute approximate surface area is 178 Å². The summed E-state index contributed by atoms with van der Waals surface area (Å²) >= 11 is 0. The molecule has 2 fully saturated rings. The maximum Gasteiger partial charge on any atom is 0.229 e. The van der Waals surface area contributed by atoms with Crippen molar-refractivity contribution in [2.45, 2.75) is 18.9 Å². The van der Waals surface area contributed by atoms with Crippen molar-refractivity contribution in [1.29, 1.82) is 5.26 Å². The Kier molecular flexibility index (Phi) is 5.58. The summed E-state index contributed by atoms with van der Waals surface area (Å²) in [5.74, 6) is -0.0264. The molecule has 0 atom stereocenters. The van der Waals surface area contributed by atoms with Gasteiger partial charge in [-0.1, -0.05) is 0 Å². The van der Waals surface area contributed by atoms with Crippen LogP contribution in [-0.4, -0.2) is 75.3 Å². The third-order valence-corrected chi connectivity index (χ3v) is 5.83. The molecular weight excluding hydrogens is 398 g/mol. The molecule has 0 radical (unpaired) electrons. The van der Waals surface area contributed by atoms with Gasteiger partial charge in [-0.2, -0.15) is 10.4 Å². The van der Waals surface area contributed by atoms with Crippen molar-refractivity contribution in [3.63, 3.8) is 0 Å². The molecule has 4 heterocycles. The molecule has 2 aromatic heterocycles. The van der Waals surface area contributed by atoms with Gasteiger partial charge >= 0.3 is 0 Å². The summed E-state index contributed by atoms with van der Waals surface area (Å²) < 4.78 is 1.44. The van der Waals surface area contributed by atoms with Gasteiger partial charge in [-0.3, -0.25) is 14.6 Å². The fourth-order valence-corrected chi connectivity index (χ4v) is 3.99. The van der Waals surface area contributed by atoms with Crippen LogP contribution in [0, 0.1) is 17.2 Å². The fraction of sp³-hybridized carbons (Fsp3) is 0.381. The van der Waals surface area contributed by atoms with Gasteiger partial charge < -0.3 is 20.6 Å². The van der Waals surface area contributed by atoms with Crippen LogP contribution in [0.15, 0.2) is 29.7 Å². The summed E-state index contributed by atoms with van der Waals surface area (Å²) in [5.41, 5.74) is 7.67. The average molecular weight is 421 g/mol. The SMILES string of the molecule is N#Cc1cnn2cc(C(C=NC3CCN(C(=O)C4CN(C=O)C4)CC3)=CN)cc(O)c12. The zero-order valence-corrected chi connectivity index (χ0v) is 16.9. The molecular formula is C21H23N7O3. The van der Waals surface area contributed by atoms with Crippen molar-refractivity contribution in [2.75, 3.05) is 26.2 Å². The van der Waals surface area contributed by atoms with E-state index in [0.29, 0.717) is 42.8 Å². The van der Waals surface area contributed by atoms with E-state index in [-0.39, 0.29) is 29.2 Å². The number of allylic oxidation sites excluding steroid dienone is 1. The van der Waals surface area contributed by atoms with E-state index in [9.17, 15) is 14.7 Å². The van der Waals surface area contributed by atoms with Crippen LogP contribution in [0.1, 0.15) is 24.0 Å². The first-order chi connectivity index (χ1) is 15.0. The maximum atomic E-state index is 12.5. The standard InChI is InChI=1S/C21H23N7O3/c22-6-15(14-5-19(30)20-16(7-23)9-25-28(20)12-14)8-24-18-1-3-27(4-2-18)21(31)17-10-26(11-17)13-29/h5-6,8-9,12-13,17-18,30H,1-4,10-11,22H2. The minimum Gasteiger partial charge on any atom is -0.506 e. The van der Waals surface area contributed by atoms with E-state index < -0.39 is 0 Å². The van der Waals surface area contributed by atoms with Crippen molar-refractivity contribution in [2.24, 2.45) is 16.6 Å². The van der Waals surface area contributed by atoms with E-state index in [1.165, 1.54) is 23.0 Å². The van der Waals surface area contributed by atoms with Gasteiger partial charge in [-0.25, -0.2) is 4.52 Å². The van der Waals surface area contributed by atoms with Crippen LogP contribution in [0.5, 0.6) is 5.75 Å². The van der Waals surface area contributed by atoms with Crippen LogP contribution in [0.25, 0.3) is 11.1 Å². The Morgan fingerprint density at radius 2 is 2.10 bits per heavy atom. The second kappa shape index (κ2) is 8.47. The third-order valence-electron chi connectivity index (χ3n) is 5.83. The first-order valence-corrected chi connectivity index (χ1v) is 10.1. The quantitative estimate of drug-likeness (QED) is 0.528. The van der Waals surface area contributed by atoms with E-state index in [2.05, 4.69) is 10.1 Å². The monoisotopic (exact) mass is 421 g/mol. The molecule has 10 heteroatoms. The number of hydrogen-bond acceptors (Lipinski definition) is 7. The fourth-order valence-electron chi connectivity index (χ4n) is 3.99. The molecule has 10 nitrogen and oxygen atoms in total. The molecule has 2 aromatic rings. The summed E-state index contributed by atoms with van der Waals surface area (Å²) in [6.45, 7) is 2.29. The highest BCUT2D eigenvalue weighted by atomic mass is 16.3. The van der Waals surface area contributed by atoms with Gasteiger partial charge in [0.1, 0.15) is 22.9 Å². The molecule has 0 saturated carbocycles. The molecule has 31 heavy (non-hydrogen) atoms. The lowest BCUT2D eigenvalue weighted by molar-refractivity contribution is -0.144. The first-order valence-electron chi connectivity index (χ1n) is 10.1. The van der Waals surface area contributed by atoms with Crippen molar-refractivity contribution in [1.82, 2.24) is 19.4 Å². The summed E-state index contributed by atoms with van der Waals surface area (Å²) in [7, 11) is 0. The number of pyridine rings is 1. The third kappa shape index (κ3) is 3.94. The summed E-state index contributed by atoms with van der Waals surface area (Å²) in [4.78, 5) is 31.2. The summed E-state index contributed by atoms with van der Waals surface area (Å²) in [6, 6.07) is 3.60. The Bertz CT molecular complexity index is 1100. The van der Waals surface area contributed by atoms with Gasteiger partial charge in [-0.15, -0.1) is 0 Å². The number of rotatable bonds is 5. The largest absolute Gasteiger partial charge is 0.506 e. The highest BCUT2D eigenvalue weighted by Gasteiger charge is 2.35. The number of aliphatic imine (C=N–C) groups is 1. The number of amides is 2.